The van der Waals surface area contributed by atoms with Gasteiger partial charge in [0.15, 0.2) is 5.17 Å². The molecular formula is C26H20ClIN2O4S. The Morgan fingerprint density at radius 2 is 1.94 bits per heavy atom. The number of hydrogen-bond acceptors (Lipinski definition) is 5. The lowest BCUT2D eigenvalue weighted by molar-refractivity contribution is -0.122. The third-order valence-corrected chi connectivity index (χ3v) is 7.10. The van der Waals surface area contributed by atoms with Crippen LogP contribution < -0.4 is 4.74 Å². The van der Waals surface area contributed by atoms with E-state index < -0.39 is 5.97 Å². The number of thioether (sulfide) groups is 1. The third kappa shape index (κ3) is 6.25. The zero-order valence-corrected chi connectivity index (χ0v) is 22.3. The predicted octanol–water partition coefficient (Wildman–Crippen LogP) is 6.85. The molecule has 9 heteroatoms. The molecule has 3 aromatic carbocycles. The Morgan fingerprint density at radius 3 is 2.63 bits per heavy atom. The highest BCUT2D eigenvalue weighted by Gasteiger charge is 2.32. The molecule has 1 amide bonds. The van der Waals surface area contributed by atoms with E-state index in [1.165, 1.54) is 23.9 Å². The Labute approximate surface area is 225 Å². The average Bonchev–Trinajstić information content (AvgIpc) is 3.13. The van der Waals surface area contributed by atoms with Gasteiger partial charge in [0, 0.05) is 10.1 Å². The zero-order valence-electron chi connectivity index (χ0n) is 18.6. The summed E-state index contributed by atoms with van der Waals surface area (Å²) in [6.07, 6.45) is 1.76. The molecule has 178 valence electrons. The largest absolute Gasteiger partial charge is 0.487 e. The Hall–Kier alpha value is -2.82. The van der Waals surface area contributed by atoms with Crippen molar-refractivity contribution in [2.75, 3.05) is 6.54 Å². The van der Waals surface area contributed by atoms with E-state index >= 15 is 0 Å². The van der Waals surface area contributed by atoms with Crippen LogP contribution in [0.15, 0.2) is 76.6 Å². The van der Waals surface area contributed by atoms with E-state index in [0.29, 0.717) is 39.7 Å². The van der Waals surface area contributed by atoms with Gasteiger partial charge in [-0.15, -0.1) is 0 Å². The second kappa shape index (κ2) is 11.3. The first-order valence-electron chi connectivity index (χ1n) is 10.6. The van der Waals surface area contributed by atoms with Crippen molar-refractivity contribution in [2.24, 2.45) is 4.99 Å². The van der Waals surface area contributed by atoms with E-state index in [2.05, 4.69) is 27.6 Å². The van der Waals surface area contributed by atoms with Gasteiger partial charge >= 0.3 is 5.97 Å². The van der Waals surface area contributed by atoms with Crippen molar-refractivity contribution in [1.82, 2.24) is 4.90 Å². The molecule has 0 atom stereocenters. The van der Waals surface area contributed by atoms with Gasteiger partial charge in [-0.25, -0.2) is 9.79 Å². The SMILES string of the molecule is CCN1C(=O)/C(=C/c2ccc(OCc3ccc(I)cc3)c(Cl)c2)SC1=Nc1cccc(C(=O)O)c1. The molecule has 0 radical (unpaired) electrons. The number of carboxylic acids is 1. The number of carboxylic acid groups (broad SMARTS) is 1. The topological polar surface area (TPSA) is 79.2 Å². The fourth-order valence-electron chi connectivity index (χ4n) is 3.31. The maximum Gasteiger partial charge on any atom is 0.335 e. The van der Waals surface area contributed by atoms with E-state index in [4.69, 9.17) is 16.3 Å². The predicted molar refractivity (Wildman–Crippen MR) is 148 cm³/mol. The quantitative estimate of drug-likeness (QED) is 0.232. The summed E-state index contributed by atoms with van der Waals surface area (Å²) in [6, 6.07) is 19.8. The van der Waals surface area contributed by atoms with Crippen LogP contribution in [0.1, 0.15) is 28.4 Å². The summed E-state index contributed by atoms with van der Waals surface area (Å²) in [5.74, 6) is -0.632. The molecule has 1 fully saturated rings. The summed E-state index contributed by atoms with van der Waals surface area (Å²) in [5.41, 5.74) is 2.41. The monoisotopic (exact) mass is 618 g/mol. The number of likely N-dealkylation sites (N-methyl/N-ethyl adjacent to an activating group) is 1. The van der Waals surface area contributed by atoms with Crippen molar-refractivity contribution in [3.05, 3.63) is 96.9 Å². The van der Waals surface area contributed by atoms with E-state index in [1.54, 1.807) is 35.2 Å². The van der Waals surface area contributed by atoms with Crippen molar-refractivity contribution in [3.8, 4) is 5.75 Å². The molecule has 1 N–H and O–H groups in total. The van der Waals surface area contributed by atoms with Crippen molar-refractivity contribution in [3.63, 3.8) is 0 Å². The van der Waals surface area contributed by atoms with Gasteiger partial charge in [0.1, 0.15) is 12.4 Å². The molecule has 1 aliphatic rings. The summed E-state index contributed by atoms with van der Waals surface area (Å²) in [7, 11) is 0. The molecule has 1 heterocycles. The fourth-order valence-corrected chi connectivity index (χ4v) is 4.97. The van der Waals surface area contributed by atoms with E-state index in [0.717, 1.165) is 14.7 Å². The first-order chi connectivity index (χ1) is 16.8. The van der Waals surface area contributed by atoms with Crippen LogP contribution in [0, 0.1) is 3.57 Å². The first-order valence-corrected chi connectivity index (χ1v) is 12.9. The van der Waals surface area contributed by atoms with Gasteiger partial charge in [-0.1, -0.05) is 35.9 Å². The Balaban J connectivity index is 1.52. The van der Waals surface area contributed by atoms with Crippen molar-refractivity contribution in [2.45, 2.75) is 13.5 Å². The lowest BCUT2D eigenvalue weighted by Gasteiger charge is -2.12. The molecule has 0 spiro atoms. The Kier molecular flexibility index (Phi) is 8.15. The number of amidine groups is 1. The van der Waals surface area contributed by atoms with Crippen LogP contribution in [0.5, 0.6) is 5.75 Å². The Bertz CT molecular complexity index is 1340. The van der Waals surface area contributed by atoms with Crippen LogP contribution in [0.2, 0.25) is 5.02 Å². The van der Waals surface area contributed by atoms with Crippen LogP contribution in [0.4, 0.5) is 5.69 Å². The minimum Gasteiger partial charge on any atom is -0.487 e. The van der Waals surface area contributed by atoms with Crippen LogP contribution in [-0.4, -0.2) is 33.6 Å². The molecule has 1 aliphatic heterocycles. The van der Waals surface area contributed by atoms with Gasteiger partial charge in [-0.3, -0.25) is 9.69 Å². The molecule has 0 saturated carbocycles. The summed E-state index contributed by atoms with van der Waals surface area (Å²) in [4.78, 5) is 30.8. The Morgan fingerprint density at radius 1 is 1.17 bits per heavy atom. The third-order valence-electron chi connectivity index (χ3n) is 5.08. The molecule has 0 bridgehead atoms. The van der Waals surface area contributed by atoms with Gasteiger partial charge < -0.3 is 9.84 Å². The highest BCUT2D eigenvalue weighted by Crippen LogP contribution is 2.35. The highest BCUT2D eigenvalue weighted by molar-refractivity contribution is 14.1. The summed E-state index contributed by atoms with van der Waals surface area (Å²) >= 11 is 9.94. The van der Waals surface area contributed by atoms with Crippen LogP contribution in [-0.2, 0) is 11.4 Å². The zero-order chi connectivity index (χ0) is 24.9. The van der Waals surface area contributed by atoms with Gasteiger partial charge in [-0.2, -0.15) is 0 Å². The number of aromatic carboxylic acids is 1. The lowest BCUT2D eigenvalue weighted by Crippen LogP contribution is -2.28. The number of carbonyl (C=O) groups is 2. The first kappa shape index (κ1) is 25.3. The fraction of sp³-hybridized carbons (Fsp3) is 0.115. The van der Waals surface area contributed by atoms with Gasteiger partial charge in [-0.05, 0) is 101 Å². The molecule has 6 nitrogen and oxygen atoms in total. The standard InChI is InChI=1S/C26H20ClIN2O4S/c1-2-30-24(31)23(35-26(30)29-20-5-3-4-18(14-20)25(32)33)13-17-8-11-22(21(27)12-17)34-15-16-6-9-19(28)10-7-16/h3-14H,2,15H2,1H3,(H,32,33)/b23-13-,29-26?. The number of carbonyl (C=O) groups excluding carboxylic acids is 1. The van der Waals surface area contributed by atoms with E-state index in [9.17, 15) is 14.7 Å². The number of hydrogen-bond donors (Lipinski definition) is 1. The maximum absolute atomic E-state index is 13.0. The molecule has 0 unspecified atom stereocenters. The van der Waals surface area contributed by atoms with Gasteiger partial charge in [0.25, 0.3) is 5.91 Å². The number of nitrogens with zero attached hydrogens (tertiary/aromatic N) is 2. The van der Waals surface area contributed by atoms with Crippen LogP contribution in [0.25, 0.3) is 6.08 Å². The van der Waals surface area contributed by atoms with Gasteiger partial charge in [0.2, 0.25) is 0 Å². The normalized spacial score (nSPS) is 15.7. The second-order valence-corrected chi connectivity index (χ2v) is 10.2. The molecule has 35 heavy (non-hydrogen) atoms. The smallest absolute Gasteiger partial charge is 0.335 e. The van der Waals surface area contributed by atoms with E-state index in [-0.39, 0.29) is 11.5 Å². The minimum absolute atomic E-state index is 0.138. The summed E-state index contributed by atoms with van der Waals surface area (Å²) in [6.45, 7) is 2.70. The number of benzene rings is 3. The maximum atomic E-state index is 13.0. The summed E-state index contributed by atoms with van der Waals surface area (Å²) in [5, 5.41) is 10.2. The minimum atomic E-state index is -1.03. The molecule has 1 saturated heterocycles. The second-order valence-electron chi connectivity index (χ2n) is 7.51. The molecule has 0 aliphatic carbocycles. The number of aliphatic imine (C=N–C) groups is 1. The molecule has 4 rings (SSSR count). The lowest BCUT2D eigenvalue weighted by atomic mass is 10.2. The van der Waals surface area contributed by atoms with E-state index in [1.807, 2.05) is 37.3 Å². The van der Waals surface area contributed by atoms with Crippen molar-refractivity contribution < 1.29 is 19.4 Å². The summed E-state index contributed by atoms with van der Waals surface area (Å²) < 4.78 is 7.01. The number of rotatable bonds is 7. The van der Waals surface area contributed by atoms with Crippen LogP contribution in [0.3, 0.4) is 0 Å². The van der Waals surface area contributed by atoms with Crippen LogP contribution >= 0.6 is 46.0 Å². The average molecular weight is 619 g/mol. The molecular weight excluding hydrogens is 599 g/mol. The number of amides is 1. The molecule has 3 aromatic rings. The number of halogens is 2. The van der Waals surface area contributed by atoms with Gasteiger partial charge in [0.05, 0.1) is 21.2 Å². The van der Waals surface area contributed by atoms with Crippen molar-refractivity contribution in [1.29, 1.82) is 0 Å². The van der Waals surface area contributed by atoms with Crippen molar-refractivity contribution >= 4 is 74.8 Å². The highest BCUT2D eigenvalue weighted by atomic mass is 127. The number of ether oxygens (including phenoxy) is 1. The molecule has 0 aromatic heterocycles.